The number of rotatable bonds is 9. The Balaban J connectivity index is 1.35. The van der Waals surface area contributed by atoms with Crippen molar-refractivity contribution in [3.8, 4) is 11.5 Å². The molecule has 0 aliphatic rings. The first kappa shape index (κ1) is 24.4. The van der Waals surface area contributed by atoms with Crippen LogP contribution in [0.4, 0.5) is 0 Å². The molecule has 4 rings (SSSR count). The smallest absolute Gasteiger partial charge is 0.240 e. The highest BCUT2D eigenvalue weighted by molar-refractivity contribution is 6.32. The molecule has 0 spiro atoms. The van der Waals surface area contributed by atoms with E-state index in [2.05, 4.69) is 21.6 Å². The summed E-state index contributed by atoms with van der Waals surface area (Å²) in [5.41, 5.74) is 8.42. The Morgan fingerprint density at radius 2 is 1.86 bits per heavy atom. The first-order valence-electron chi connectivity index (χ1n) is 11.4. The number of para-hydroxylation sites is 1. The highest BCUT2D eigenvalue weighted by Crippen LogP contribution is 2.28. The normalized spacial score (nSPS) is 11.2. The third kappa shape index (κ3) is 6.03. The Hall–Kier alpha value is -3.77. The molecule has 4 aromatic rings. The van der Waals surface area contributed by atoms with Gasteiger partial charge in [0, 0.05) is 34.1 Å². The lowest BCUT2D eigenvalue weighted by Crippen LogP contribution is -2.17. The quantitative estimate of drug-likeness (QED) is 0.220. The van der Waals surface area contributed by atoms with E-state index in [9.17, 15) is 4.79 Å². The van der Waals surface area contributed by atoms with Gasteiger partial charge in [-0.1, -0.05) is 29.8 Å². The summed E-state index contributed by atoms with van der Waals surface area (Å²) in [7, 11) is 1.62. The number of amides is 1. The fraction of sp³-hybridized carbons (Fsp3) is 0.214. The Kier molecular flexibility index (Phi) is 7.73. The number of aryl methyl sites for hydroxylation is 3. The number of H-pyrrole nitrogens is 1. The Labute approximate surface area is 209 Å². The molecule has 180 valence electrons. The van der Waals surface area contributed by atoms with Crippen LogP contribution in [0.5, 0.6) is 11.5 Å². The number of methoxy groups -OCH3 is 1. The number of hydrazone groups is 1. The van der Waals surface area contributed by atoms with Gasteiger partial charge in [-0.25, -0.2) is 5.43 Å². The molecule has 0 atom stereocenters. The molecule has 0 aliphatic heterocycles. The van der Waals surface area contributed by atoms with Crippen LogP contribution in [-0.4, -0.2) is 24.2 Å². The van der Waals surface area contributed by atoms with Gasteiger partial charge in [0.2, 0.25) is 5.91 Å². The monoisotopic (exact) mass is 489 g/mol. The molecule has 1 heterocycles. The highest BCUT2D eigenvalue weighted by Gasteiger charge is 2.09. The minimum absolute atomic E-state index is 0.142. The Morgan fingerprint density at radius 3 is 2.63 bits per heavy atom. The fourth-order valence-corrected chi connectivity index (χ4v) is 4.07. The van der Waals surface area contributed by atoms with Crippen LogP contribution < -0.4 is 14.9 Å². The second kappa shape index (κ2) is 11.1. The molecule has 0 radical (unpaired) electrons. The maximum Gasteiger partial charge on any atom is 0.240 e. The van der Waals surface area contributed by atoms with Gasteiger partial charge >= 0.3 is 0 Å². The molecule has 0 saturated carbocycles. The van der Waals surface area contributed by atoms with Crippen molar-refractivity contribution >= 4 is 34.6 Å². The van der Waals surface area contributed by atoms with Gasteiger partial charge in [0.05, 0.1) is 13.3 Å². The molecule has 0 bridgehead atoms. The molecule has 0 fully saturated rings. The number of nitrogens with zero attached hydrogens (tertiary/aromatic N) is 1. The number of carbonyl (C=O) groups excluding carboxylic acids is 1. The second-order valence-corrected chi connectivity index (χ2v) is 8.76. The van der Waals surface area contributed by atoms with Crippen LogP contribution in [0.1, 0.15) is 34.2 Å². The number of nitrogens with one attached hydrogen (secondary N) is 2. The van der Waals surface area contributed by atoms with Crippen LogP contribution in [0.2, 0.25) is 5.02 Å². The van der Waals surface area contributed by atoms with Crippen molar-refractivity contribution in [1.29, 1.82) is 0 Å². The van der Waals surface area contributed by atoms with Crippen LogP contribution in [0, 0.1) is 13.8 Å². The topological polar surface area (TPSA) is 75.7 Å². The first-order chi connectivity index (χ1) is 16.9. The van der Waals surface area contributed by atoms with Gasteiger partial charge < -0.3 is 14.5 Å². The fourth-order valence-electron chi connectivity index (χ4n) is 3.96. The van der Waals surface area contributed by atoms with Crippen LogP contribution >= 0.6 is 11.6 Å². The van der Waals surface area contributed by atoms with Gasteiger partial charge in [-0.05, 0) is 78.9 Å². The predicted molar refractivity (Wildman–Crippen MR) is 141 cm³/mol. The third-order valence-electron chi connectivity index (χ3n) is 5.81. The van der Waals surface area contributed by atoms with Gasteiger partial charge in [0.15, 0.2) is 0 Å². The van der Waals surface area contributed by atoms with Crippen molar-refractivity contribution in [3.05, 3.63) is 93.6 Å². The summed E-state index contributed by atoms with van der Waals surface area (Å²) in [6, 6.07) is 17.5. The van der Waals surface area contributed by atoms with Crippen molar-refractivity contribution in [3.63, 3.8) is 0 Å². The van der Waals surface area contributed by atoms with Crippen molar-refractivity contribution < 1.29 is 14.3 Å². The summed E-state index contributed by atoms with van der Waals surface area (Å²) in [6.45, 7) is 4.23. The molecular formula is C28H28ClN3O3. The number of hydrogen-bond acceptors (Lipinski definition) is 4. The maximum atomic E-state index is 12.3. The summed E-state index contributed by atoms with van der Waals surface area (Å²) >= 11 is 6.25. The summed E-state index contributed by atoms with van der Waals surface area (Å²) < 4.78 is 11.5. The van der Waals surface area contributed by atoms with Gasteiger partial charge in [-0.15, -0.1) is 0 Å². The number of hydrogen-bond donors (Lipinski definition) is 2. The number of halogens is 1. The molecule has 6 nitrogen and oxygen atoms in total. The lowest BCUT2D eigenvalue weighted by molar-refractivity contribution is -0.121. The van der Waals surface area contributed by atoms with Crippen LogP contribution in [-0.2, 0) is 17.8 Å². The van der Waals surface area contributed by atoms with E-state index in [1.165, 1.54) is 0 Å². The summed E-state index contributed by atoms with van der Waals surface area (Å²) in [6.07, 6.45) is 4.55. The van der Waals surface area contributed by atoms with E-state index in [1.807, 2.05) is 68.6 Å². The van der Waals surface area contributed by atoms with Crippen molar-refractivity contribution in [2.24, 2.45) is 5.10 Å². The minimum Gasteiger partial charge on any atom is -0.496 e. The Bertz CT molecular complexity index is 1350. The third-order valence-corrected chi connectivity index (χ3v) is 6.40. The average molecular weight is 490 g/mol. The summed E-state index contributed by atoms with van der Waals surface area (Å²) in [4.78, 5) is 15.5. The molecule has 0 saturated heterocycles. The van der Waals surface area contributed by atoms with Crippen LogP contribution in [0.3, 0.4) is 0 Å². The zero-order chi connectivity index (χ0) is 24.8. The van der Waals surface area contributed by atoms with Gasteiger partial charge in [-0.3, -0.25) is 4.79 Å². The molecule has 0 unspecified atom stereocenters. The van der Waals surface area contributed by atoms with E-state index in [4.69, 9.17) is 21.1 Å². The molecule has 1 aromatic heterocycles. The van der Waals surface area contributed by atoms with E-state index in [0.717, 1.165) is 49.5 Å². The summed E-state index contributed by atoms with van der Waals surface area (Å²) in [5, 5.41) is 6.01. The van der Waals surface area contributed by atoms with Gasteiger partial charge in [-0.2, -0.15) is 5.10 Å². The molecule has 3 aromatic carbocycles. The van der Waals surface area contributed by atoms with Crippen LogP contribution in [0.25, 0.3) is 10.9 Å². The molecule has 2 N–H and O–H groups in total. The maximum absolute atomic E-state index is 12.3. The first-order valence-corrected chi connectivity index (χ1v) is 11.8. The van der Waals surface area contributed by atoms with Crippen LogP contribution in [0.15, 0.2) is 65.9 Å². The van der Waals surface area contributed by atoms with Crippen molar-refractivity contribution in [2.75, 3.05) is 7.11 Å². The number of carbonyl (C=O) groups is 1. The lowest BCUT2D eigenvalue weighted by Gasteiger charge is -2.13. The van der Waals surface area contributed by atoms with E-state index >= 15 is 0 Å². The zero-order valence-electron chi connectivity index (χ0n) is 20.0. The summed E-state index contributed by atoms with van der Waals surface area (Å²) in [5.74, 6) is 1.32. The average Bonchev–Trinajstić information content (AvgIpc) is 3.28. The number of aromatic nitrogens is 1. The molecule has 7 heteroatoms. The minimum atomic E-state index is -0.142. The number of aromatic amines is 1. The second-order valence-electron chi connectivity index (χ2n) is 8.38. The predicted octanol–water partition coefficient (Wildman–Crippen LogP) is 6.11. The zero-order valence-corrected chi connectivity index (χ0v) is 20.8. The highest BCUT2D eigenvalue weighted by atomic mass is 35.5. The lowest BCUT2D eigenvalue weighted by atomic mass is 10.1. The SMILES string of the molecule is COc1ccc(/C=N/NC(=O)CCc2c[nH]c3ccccc23)cc1COc1cc(C)c(Cl)c(C)c1. The number of fused-ring (bicyclic) bond motifs is 1. The molecular weight excluding hydrogens is 462 g/mol. The molecule has 35 heavy (non-hydrogen) atoms. The van der Waals surface area contributed by atoms with E-state index in [0.29, 0.717) is 25.2 Å². The van der Waals surface area contributed by atoms with Gasteiger partial charge in [0.1, 0.15) is 18.1 Å². The largest absolute Gasteiger partial charge is 0.496 e. The molecule has 0 aliphatic carbocycles. The van der Waals surface area contributed by atoms with E-state index in [-0.39, 0.29) is 5.91 Å². The Morgan fingerprint density at radius 1 is 1.09 bits per heavy atom. The van der Waals surface area contributed by atoms with Crippen molar-refractivity contribution in [2.45, 2.75) is 33.3 Å². The molecule has 1 amide bonds. The number of ether oxygens (including phenoxy) is 2. The standard InChI is InChI=1S/C28H28ClN3O3/c1-18-12-23(13-19(2)28(18)29)35-17-22-14-20(8-10-26(22)34-3)15-31-32-27(33)11-9-21-16-30-25-7-5-4-6-24(21)25/h4-8,10,12-16,30H,9,11,17H2,1-3H3,(H,32,33)/b31-15+. The van der Waals surface area contributed by atoms with Crippen molar-refractivity contribution in [1.82, 2.24) is 10.4 Å². The van der Waals surface area contributed by atoms with Gasteiger partial charge in [0.25, 0.3) is 0 Å². The van der Waals surface area contributed by atoms with E-state index < -0.39 is 0 Å². The number of benzene rings is 3. The van der Waals surface area contributed by atoms with E-state index in [1.54, 1.807) is 13.3 Å².